The first-order valence-electron chi connectivity index (χ1n) is 4.50. The largest absolute Gasteiger partial charge is 0.480 e. The van der Waals surface area contributed by atoms with Crippen LogP contribution in [0.15, 0.2) is 0 Å². The number of hydrogen-bond donors (Lipinski definition) is 1. The predicted octanol–water partition coefficient (Wildman–Crippen LogP) is -0.121. The van der Waals surface area contributed by atoms with Crippen LogP contribution in [0, 0.1) is 0 Å². The summed E-state index contributed by atoms with van der Waals surface area (Å²) in [5.41, 5.74) is 0. The van der Waals surface area contributed by atoms with Crippen LogP contribution in [-0.4, -0.2) is 50.7 Å². The molecule has 7 nitrogen and oxygen atoms in total. The molecule has 1 heterocycles. The van der Waals surface area contributed by atoms with Crippen LogP contribution in [0.25, 0.3) is 0 Å². The van der Waals surface area contributed by atoms with Crippen LogP contribution in [-0.2, 0) is 22.5 Å². The molecule has 0 aliphatic carbocycles. The van der Waals surface area contributed by atoms with Crippen LogP contribution < -0.4 is 0 Å². The number of carboxylic acids is 1. The Balaban J connectivity index is 2.36. The maximum absolute atomic E-state index is 11.7. The van der Waals surface area contributed by atoms with Crippen LogP contribution in [0.2, 0.25) is 0 Å². The summed E-state index contributed by atoms with van der Waals surface area (Å²) in [6, 6.07) is 0. The van der Waals surface area contributed by atoms with E-state index in [0.29, 0.717) is 0 Å². The number of tetrazole rings is 1. The number of alkyl halides is 3. The molecule has 0 bridgehead atoms. The second-order valence-electron chi connectivity index (χ2n) is 3.06. The molecule has 10 heteroatoms. The monoisotopic (exact) mass is 254 g/mol. The van der Waals surface area contributed by atoms with Gasteiger partial charge in [0.05, 0.1) is 6.61 Å². The van der Waals surface area contributed by atoms with Gasteiger partial charge in [0.1, 0.15) is 13.2 Å². The second kappa shape index (κ2) is 5.57. The van der Waals surface area contributed by atoms with Crippen LogP contribution >= 0.6 is 0 Å². The van der Waals surface area contributed by atoms with E-state index >= 15 is 0 Å². The molecule has 96 valence electrons. The van der Waals surface area contributed by atoms with Gasteiger partial charge in [-0.1, -0.05) is 0 Å². The van der Waals surface area contributed by atoms with Crippen LogP contribution in [0.1, 0.15) is 5.82 Å². The molecular weight excluding hydrogens is 245 g/mol. The highest BCUT2D eigenvalue weighted by molar-refractivity contribution is 5.66. The Hall–Kier alpha value is -1.71. The Morgan fingerprint density at radius 3 is 2.76 bits per heavy atom. The van der Waals surface area contributed by atoms with Crippen molar-refractivity contribution in [2.45, 2.75) is 19.1 Å². The summed E-state index contributed by atoms with van der Waals surface area (Å²) in [6.07, 6.45) is -4.37. The van der Waals surface area contributed by atoms with E-state index in [2.05, 4.69) is 20.3 Å². The molecule has 17 heavy (non-hydrogen) atoms. The Kier molecular flexibility index (Phi) is 4.37. The molecule has 0 saturated heterocycles. The minimum atomic E-state index is -4.38. The van der Waals surface area contributed by atoms with Crippen molar-refractivity contribution in [3.8, 4) is 0 Å². The van der Waals surface area contributed by atoms with Gasteiger partial charge < -0.3 is 9.84 Å². The summed E-state index contributed by atoms with van der Waals surface area (Å²) in [7, 11) is 0. The molecule has 1 aromatic rings. The maximum Gasteiger partial charge on any atom is 0.411 e. The van der Waals surface area contributed by atoms with E-state index in [1.807, 2.05) is 0 Å². The molecule has 1 rings (SSSR count). The van der Waals surface area contributed by atoms with Gasteiger partial charge in [-0.25, -0.2) is 4.68 Å². The van der Waals surface area contributed by atoms with Crippen LogP contribution in [0.4, 0.5) is 13.2 Å². The van der Waals surface area contributed by atoms with Crippen molar-refractivity contribution in [3.63, 3.8) is 0 Å². The van der Waals surface area contributed by atoms with E-state index in [1.165, 1.54) is 0 Å². The standard InChI is InChI=1S/C7H9F3N4O3/c8-7(9,10)4-17-2-1-5-11-12-13-14(5)3-6(15)16/h1-4H2,(H,15,16). The number of carboxylic acid groups (broad SMARTS) is 1. The predicted molar refractivity (Wildman–Crippen MR) is 46.0 cm³/mol. The van der Waals surface area contributed by atoms with E-state index in [1.54, 1.807) is 0 Å². The zero-order valence-electron chi connectivity index (χ0n) is 8.51. The average Bonchev–Trinajstić information content (AvgIpc) is 2.58. The molecule has 0 aliphatic rings. The molecule has 1 aromatic heterocycles. The summed E-state index contributed by atoms with van der Waals surface area (Å²) in [4.78, 5) is 10.4. The second-order valence-corrected chi connectivity index (χ2v) is 3.06. The van der Waals surface area contributed by atoms with Gasteiger partial charge in [0, 0.05) is 6.42 Å². The Morgan fingerprint density at radius 2 is 2.18 bits per heavy atom. The smallest absolute Gasteiger partial charge is 0.411 e. The van der Waals surface area contributed by atoms with E-state index in [-0.39, 0.29) is 18.9 Å². The molecule has 1 N–H and O–H groups in total. The van der Waals surface area contributed by atoms with E-state index in [4.69, 9.17) is 5.11 Å². The zero-order valence-corrected chi connectivity index (χ0v) is 8.51. The van der Waals surface area contributed by atoms with Gasteiger partial charge in [-0.15, -0.1) is 5.10 Å². The van der Waals surface area contributed by atoms with E-state index < -0.39 is 25.3 Å². The molecule has 0 atom stereocenters. The van der Waals surface area contributed by atoms with Crippen LogP contribution in [0.5, 0.6) is 0 Å². The molecule has 0 aliphatic heterocycles. The summed E-state index contributed by atoms with van der Waals surface area (Å²) < 4.78 is 40.5. The lowest BCUT2D eigenvalue weighted by Gasteiger charge is -2.06. The lowest BCUT2D eigenvalue weighted by Crippen LogP contribution is -2.19. The fourth-order valence-corrected chi connectivity index (χ4v) is 1.00. The van der Waals surface area contributed by atoms with Crippen molar-refractivity contribution in [1.29, 1.82) is 0 Å². The average molecular weight is 254 g/mol. The highest BCUT2D eigenvalue weighted by Crippen LogP contribution is 2.14. The van der Waals surface area contributed by atoms with E-state index in [0.717, 1.165) is 4.68 Å². The van der Waals surface area contributed by atoms with Gasteiger partial charge in [-0.3, -0.25) is 4.79 Å². The molecule has 0 aromatic carbocycles. The Morgan fingerprint density at radius 1 is 1.47 bits per heavy atom. The maximum atomic E-state index is 11.7. The third-order valence-electron chi connectivity index (χ3n) is 1.63. The Labute approximate surface area is 93.2 Å². The van der Waals surface area contributed by atoms with Crippen molar-refractivity contribution in [2.24, 2.45) is 0 Å². The van der Waals surface area contributed by atoms with Crippen molar-refractivity contribution in [2.75, 3.05) is 13.2 Å². The highest BCUT2D eigenvalue weighted by Gasteiger charge is 2.27. The first kappa shape index (κ1) is 13.4. The van der Waals surface area contributed by atoms with Crippen molar-refractivity contribution in [3.05, 3.63) is 5.82 Å². The first-order chi connectivity index (χ1) is 7.88. The summed E-state index contributed by atoms with van der Waals surface area (Å²) in [5.74, 6) is -0.982. The minimum absolute atomic E-state index is 0.0103. The third kappa shape index (κ3) is 5.24. The Bertz CT molecular complexity index is 379. The number of aliphatic carboxylic acids is 1. The molecular formula is C7H9F3N4O3. The van der Waals surface area contributed by atoms with Crippen molar-refractivity contribution >= 4 is 5.97 Å². The number of halogens is 3. The first-order valence-corrected chi connectivity index (χ1v) is 4.50. The normalized spacial score (nSPS) is 11.7. The SMILES string of the molecule is O=C(O)Cn1nnnc1CCOCC(F)(F)F. The van der Waals surface area contributed by atoms with Crippen LogP contribution in [0.3, 0.4) is 0 Å². The fourth-order valence-electron chi connectivity index (χ4n) is 1.00. The summed E-state index contributed by atoms with van der Waals surface area (Å²) >= 11 is 0. The van der Waals surface area contributed by atoms with Gasteiger partial charge >= 0.3 is 12.1 Å². The van der Waals surface area contributed by atoms with Gasteiger partial charge in [-0.05, 0) is 10.4 Å². The number of nitrogens with zero attached hydrogens (tertiary/aromatic N) is 4. The molecule has 0 saturated carbocycles. The molecule has 0 radical (unpaired) electrons. The minimum Gasteiger partial charge on any atom is -0.480 e. The number of ether oxygens (including phenoxy) is 1. The summed E-state index contributed by atoms with van der Waals surface area (Å²) in [5, 5.41) is 18.6. The van der Waals surface area contributed by atoms with Crippen molar-refractivity contribution < 1.29 is 27.8 Å². The van der Waals surface area contributed by atoms with Gasteiger partial charge in [0.25, 0.3) is 0 Å². The lowest BCUT2D eigenvalue weighted by molar-refractivity contribution is -0.173. The molecule has 0 spiro atoms. The van der Waals surface area contributed by atoms with Crippen molar-refractivity contribution in [1.82, 2.24) is 20.2 Å². The molecule has 0 amide bonds. The number of hydrogen-bond acceptors (Lipinski definition) is 5. The lowest BCUT2D eigenvalue weighted by atomic mass is 10.4. The highest BCUT2D eigenvalue weighted by atomic mass is 19.4. The fraction of sp³-hybridized carbons (Fsp3) is 0.714. The number of rotatable bonds is 6. The van der Waals surface area contributed by atoms with Gasteiger partial charge in [0.2, 0.25) is 0 Å². The molecule has 0 unspecified atom stereocenters. The third-order valence-corrected chi connectivity index (χ3v) is 1.63. The quantitative estimate of drug-likeness (QED) is 0.712. The zero-order chi connectivity index (χ0) is 12.9. The molecule has 0 fully saturated rings. The summed E-state index contributed by atoms with van der Waals surface area (Å²) in [6.45, 7) is -2.03. The van der Waals surface area contributed by atoms with E-state index in [9.17, 15) is 18.0 Å². The topological polar surface area (TPSA) is 90.1 Å². The van der Waals surface area contributed by atoms with Gasteiger partial charge in [0.15, 0.2) is 5.82 Å². The number of aromatic nitrogens is 4. The van der Waals surface area contributed by atoms with Gasteiger partial charge in [-0.2, -0.15) is 13.2 Å². The number of carbonyl (C=O) groups is 1.